The summed E-state index contributed by atoms with van der Waals surface area (Å²) in [6, 6.07) is 0. The van der Waals surface area contributed by atoms with E-state index in [2.05, 4.69) is 6.58 Å². The van der Waals surface area contributed by atoms with Crippen molar-refractivity contribution in [3.8, 4) is 0 Å². The van der Waals surface area contributed by atoms with Gasteiger partial charge in [0.05, 0.1) is 18.6 Å². The van der Waals surface area contributed by atoms with E-state index in [-0.39, 0.29) is 12.2 Å². The molecule has 2 rings (SSSR count). The van der Waals surface area contributed by atoms with Gasteiger partial charge in [0.1, 0.15) is 12.2 Å². The molecule has 0 aromatic heterocycles. The Labute approximate surface area is 153 Å². The number of aliphatic hydroxyl groups is 2. The first kappa shape index (κ1) is 20.1. The predicted molar refractivity (Wildman–Crippen MR) is 96.0 cm³/mol. The van der Waals surface area contributed by atoms with E-state index in [9.17, 15) is 14.7 Å². The van der Waals surface area contributed by atoms with Gasteiger partial charge in [0, 0.05) is 17.6 Å². The van der Waals surface area contributed by atoms with E-state index in [0.717, 1.165) is 5.57 Å². The third-order valence-corrected chi connectivity index (χ3v) is 4.81. The second-order valence-corrected chi connectivity index (χ2v) is 6.85. The van der Waals surface area contributed by atoms with Crippen molar-refractivity contribution in [2.45, 2.75) is 51.9 Å². The van der Waals surface area contributed by atoms with E-state index in [4.69, 9.17) is 14.6 Å². The maximum atomic E-state index is 12.3. The molecule has 1 aliphatic heterocycles. The molecule has 0 aromatic rings. The highest BCUT2D eigenvalue weighted by atomic mass is 16.6. The van der Waals surface area contributed by atoms with E-state index in [0.29, 0.717) is 24.0 Å². The van der Waals surface area contributed by atoms with E-state index in [1.165, 1.54) is 6.08 Å². The van der Waals surface area contributed by atoms with Crippen molar-refractivity contribution >= 4 is 11.9 Å². The molecule has 1 aliphatic carbocycles. The fraction of sp³-hybridized carbons (Fsp3) is 0.500. The largest absolute Gasteiger partial charge is 0.458 e. The van der Waals surface area contributed by atoms with Gasteiger partial charge in [-0.2, -0.15) is 0 Å². The molecule has 1 fully saturated rings. The maximum absolute atomic E-state index is 12.3. The fourth-order valence-corrected chi connectivity index (χ4v) is 3.14. The number of fused-ring (bicyclic) bond motifs is 1. The number of carbonyl (C=O) groups is 2. The topological polar surface area (TPSA) is 93.1 Å². The van der Waals surface area contributed by atoms with Crippen LogP contribution in [0.15, 0.2) is 47.1 Å². The Kier molecular flexibility index (Phi) is 6.56. The summed E-state index contributed by atoms with van der Waals surface area (Å²) in [6.45, 7) is 8.79. The van der Waals surface area contributed by atoms with Crippen LogP contribution in [0.5, 0.6) is 0 Å². The molecule has 2 unspecified atom stereocenters. The highest BCUT2D eigenvalue weighted by molar-refractivity contribution is 5.92. The van der Waals surface area contributed by atoms with Crippen molar-refractivity contribution in [2.24, 2.45) is 5.92 Å². The quantitative estimate of drug-likeness (QED) is 0.453. The smallest absolute Gasteiger partial charge is 0.334 e. The van der Waals surface area contributed by atoms with Crippen LogP contribution < -0.4 is 0 Å². The molecule has 142 valence electrons. The first-order valence-corrected chi connectivity index (χ1v) is 8.65. The van der Waals surface area contributed by atoms with E-state index >= 15 is 0 Å². The summed E-state index contributed by atoms with van der Waals surface area (Å²) in [5, 5.41) is 19.2. The molecule has 0 radical (unpaired) electrons. The molecule has 1 heterocycles. The average Bonchev–Trinajstić information content (AvgIpc) is 2.85. The van der Waals surface area contributed by atoms with Crippen molar-refractivity contribution in [1.29, 1.82) is 0 Å². The Morgan fingerprint density at radius 3 is 2.81 bits per heavy atom. The molecular weight excluding hydrogens is 336 g/mol. The number of hydrogen-bond donors (Lipinski definition) is 2. The lowest BCUT2D eigenvalue weighted by Crippen LogP contribution is -2.34. The molecule has 2 N–H and O–H groups in total. The summed E-state index contributed by atoms with van der Waals surface area (Å²) in [6.07, 6.45) is 3.87. The Morgan fingerprint density at radius 1 is 1.46 bits per heavy atom. The lowest BCUT2D eigenvalue weighted by Gasteiger charge is -2.28. The summed E-state index contributed by atoms with van der Waals surface area (Å²) in [5.41, 5.74) is 2.17. The SMILES string of the molecule is C=C1C(=O)O[C@@H]2/C=C(/C)C(O)C/C=C(/C)CC(OC(=O)/C(C)=C/CO)[C@@H]12. The van der Waals surface area contributed by atoms with Gasteiger partial charge < -0.3 is 19.7 Å². The van der Waals surface area contributed by atoms with E-state index in [1.807, 2.05) is 13.0 Å². The Hall–Kier alpha value is -2.18. The molecule has 0 bridgehead atoms. The van der Waals surface area contributed by atoms with Gasteiger partial charge in [0.25, 0.3) is 0 Å². The molecule has 2 aliphatic rings. The Balaban J connectivity index is 2.39. The van der Waals surface area contributed by atoms with Crippen molar-refractivity contribution in [3.05, 3.63) is 47.1 Å². The van der Waals surface area contributed by atoms with Crippen LogP contribution in [0.25, 0.3) is 0 Å². The van der Waals surface area contributed by atoms with E-state index < -0.39 is 36.2 Å². The molecule has 6 nitrogen and oxygen atoms in total. The second-order valence-electron chi connectivity index (χ2n) is 6.85. The number of aliphatic hydroxyl groups excluding tert-OH is 2. The predicted octanol–water partition coefficient (Wildman–Crippen LogP) is 1.98. The minimum Gasteiger partial charge on any atom is -0.458 e. The van der Waals surface area contributed by atoms with Gasteiger partial charge in [-0.3, -0.25) is 0 Å². The van der Waals surface area contributed by atoms with E-state index in [1.54, 1.807) is 19.9 Å². The van der Waals surface area contributed by atoms with Gasteiger partial charge in [-0.15, -0.1) is 0 Å². The minimum atomic E-state index is -0.660. The van der Waals surface area contributed by atoms with Crippen LogP contribution in [0, 0.1) is 5.92 Å². The molecule has 6 heteroatoms. The summed E-state index contributed by atoms with van der Waals surface area (Å²) in [4.78, 5) is 24.4. The molecule has 26 heavy (non-hydrogen) atoms. The summed E-state index contributed by atoms with van der Waals surface area (Å²) >= 11 is 0. The van der Waals surface area contributed by atoms with Crippen molar-refractivity contribution in [3.63, 3.8) is 0 Å². The minimum absolute atomic E-state index is 0.253. The molecule has 0 spiro atoms. The van der Waals surface area contributed by atoms with Crippen LogP contribution in [0.3, 0.4) is 0 Å². The molecule has 0 aromatic carbocycles. The molecular formula is C20H26O6. The monoisotopic (exact) mass is 362 g/mol. The van der Waals surface area contributed by atoms with Crippen LogP contribution >= 0.6 is 0 Å². The fourth-order valence-electron chi connectivity index (χ4n) is 3.14. The van der Waals surface area contributed by atoms with Crippen LogP contribution in [-0.2, 0) is 19.1 Å². The highest BCUT2D eigenvalue weighted by Crippen LogP contribution is 2.36. The zero-order chi connectivity index (χ0) is 19.4. The number of esters is 2. The molecule has 0 saturated carbocycles. The van der Waals surface area contributed by atoms with Crippen LogP contribution in [0.4, 0.5) is 0 Å². The zero-order valence-corrected chi connectivity index (χ0v) is 15.4. The summed E-state index contributed by atoms with van der Waals surface area (Å²) in [7, 11) is 0. The van der Waals surface area contributed by atoms with Crippen LogP contribution in [0.2, 0.25) is 0 Å². The van der Waals surface area contributed by atoms with Crippen LogP contribution in [-0.4, -0.2) is 47.1 Å². The molecule has 0 amide bonds. The lowest BCUT2D eigenvalue weighted by molar-refractivity contribution is -0.147. The Morgan fingerprint density at radius 2 is 2.15 bits per heavy atom. The van der Waals surface area contributed by atoms with Gasteiger partial charge in [-0.05, 0) is 44.9 Å². The van der Waals surface area contributed by atoms with Gasteiger partial charge in [0.15, 0.2) is 0 Å². The normalized spacial score (nSPS) is 34.1. The number of rotatable bonds is 3. The number of carbonyl (C=O) groups excluding carboxylic acids is 2. The third kappa shape index (κ3) is 4.51. The van der Waals surface area contributed by atoms with Gasteiger partial charge >= 0.3 is 11.9 Å². The van der Waals surface area contributed by atoms with Crippen molar-refractivity contribution in [2.75, 3.05) is 6.61 Å². The average molecular weight is 362 g/mol. The highest BCUT2D eigenvalue weighted by Gasteiger charge is 2.44. The van der Waals surface area contributed by atoms with Gasteiger partial charge in [0.2, 0.25) is 0 Å². The summed E-state index contributed by atoms with van der Waals surface area (Å²) < 4.78 is 11.1. The van der Waals surface area contributed by atoms with Crippen molar-refractivity contribution in [1.82, 2.24) is 0 Å². The van der Waals surface area contributed by atoms with Crippen LogP contribution in [0.1, 0.15) is 33.6 Å². The Bertz CT molecular complexity index is 684. The first-order valence-electron chi connectivity index (χ1n) is 8.65. The number of ether oxygens (including phenoxy) is 2. The standard InChI is InChI=1S/C20H26O6/c1-11-5-6-15(22)13(3)10-17-18(14(4)20(24)26-17)16(9-11)25-19(23)12(2)7-8-21/h5,7,10,15-18,21-22H,4,6,8-9H2,1-3H3/b11-5-,12-7+,13-10-/t15?,16?,17-,18-/m1/s1. The number of hydrogen-bond acceptors (Lipinski definition) is 6. The molecule has 1 saturated heterocycles. The lowest BCUT2D eigenvalue weighted by atomic mass is 9.85. The first-order chi connectivity index (χ1) is 12.2. The van der Waals surface area contributed by atoms with Gasteiger partial charge in [-0.1, -0.05) is 18.2 Å². The molecule has 4 atom stereocenters. The maximum Gasteiger partial charge on any atom is 0.334 e. The second kappa shape index (κ2) is 8.47. The zero-order valence-electron chi connectivity index (χ0n) is 15.4. The summed E-state index contributed by atoms with van der Waals surface area (Å²) in [5.74, 6) is -1.61. The van der Waals surface area contributed by atoms with Gasteiger partial charge in [-0.25, -0.2) is 9.59 Å². The third-order valence-electron chi connectivity index (χ3n) is 4.81. The van der Waals surface area contributed by atoms with Crippen molar-refractivity contribution < 1.29 is 29.3 Å².